The zero-order valence-corrected chi connectivity index (χ0v) is 18.3. The molecule has 7 nitrogen and oxygen atoms in total. The molecule has 164 valence electrons. The number of nitrogens with one attached hydrogen (secondary N) is 1. The van der Waals surface area contributed by atoms with E-state index in [1.807, 2.05) is 54.1 Å². The van der Waals surface area contributed by atoms with Crippen LogP contribution in [-0.4, -0.2) is 45.8 Å². The fourth-order valence-corrected chi connectivity index (χ4v) is 4.37. The van der Waals surface area contributed by atoms with Gasteiger partial charge in [-0.25, -0.2) is 4.98 Å². The summed E-state index contributed by atoms with van der Waals surface area (Å²) < 4.78 is 1.98. The van der Waals surface area contributed by atoms with Crippen molar-refractivity contribution >= 4 is 28.4 Å². The van der Waals surface area contributed by atoms with E-state index in [1.165, 1.54) is 0 Å². The van der Waals surface area contributed by atoms with Gasteiger partial charge in [0.1, 0.15) is 5.82 Å². The normalized spacial score (nSPS) is 16.6. The highest BCUT2D eigenvalue weighted by Gasteiger charge is 2.28. The van der Waals surface area contributed by atoms with Crippen LogP contribution in [0.15, 0.2) is 48.7 Å². The first-order valence-corrected chi connectivity index (χ1v) is 11.0. The van der Waals surface area contributed by atoms with Gasteiger partial charge in [-0.2, -0.15) is 5.26 Å². The Kier molecular flexibility index (Phi) is 6.62. The van der Waals surface area contributed by atoms with E-state index >= 15 is 0 Å². The number of ketones is 1. The van der Waals surface area contributed by atoms with E-state index in [0.29, 0.717) is 30.9 Å². The second-order valence-electron chi connectivity index (χ2n) is 8.31. The number of hydrogen-bond donors (Lipinski definition) is 1. The van der Waals surface area contributed by atoms with Crippen molar-refractivity contribution in [1.29, 1.82) is 5.26 Å². The molecule has 1 amide bonds. The lowest BCUT2D eigenvalue weighted by molar-refractivity contribution is -0.121. The summed E-state index contributed by atoms with van der Waals surface area (Å²) >= 11 is 0. The Morgan fingerprint density at radius 3 is 2.88 bits per heavy atom. The van der Waals surface area contributed by atoms with Gasteiger partial charge in [-0.15, -0.1) is 0 Å². The van der Waals surface area contributed by atoms with Crippen LogP contribution in [-0.2, 0) is 11.3 Å². The molecule has 0 aliphatic carbocycles. The number of benzene rings is 1. The van der Waals surface area contributed by atoms with Gasteiger partial charge in [0.25, 0.3) is 0 Å². The van der Waals surface area contributed by atoms with Gasteiger partial charge >= 0.3 is 0 Å². The predicted octanol–water partition coefficient (Wildman–Crippen LogP) is 3.79. The molecule has 1 aliphatic heterocycles. The largest absolute Gasteiger partial charge is 0.346 e. The van der Waals surface area contributed by atoms with Gasteiger partial charge in [0.05, 0.1) is 25.0 Å². The molecule has 3 heterocycles. The Labute approximate surface area is 187 Å². The zero-order valence-electron chi connectivity index (χ0n) is 18.3. The Morgan fingerprint density at radius 1 is 1.22 bits per heavy atom. The van der Waals surface area contributed by atoms with Crippen molar-refractivity contribution in [2.45, 2.75) is 32.7 Å². The highest BCUT2D eigenvalue weighted by atomic mass is 16.2. The summed E-state index contributed by atoms with van der Waals surface area (Å²) in [4.78, 5) is 32.4. The van der Waals surface area contributed by atoms with Gasteiger partial charge < -0.3 is 9.88 Å². The number of anilines is 1. The standard InChI is InChI=1S/C25H27N5O2/c1-18-7-4-11-24(27-18)28-25(32)19-8-5-13-29(15-19)17-23(31)21-16-30(14-6-12-26)22-10-3-2-9-20(21)22/h2-4,7,9-11,16,19H,5-6,8,13-15,17H2,1H3,(H,27,28,32). The number of hydrogen-bond acceptors (Lipinski definition) is 5. The third-order valence-corrected chi connectivity index (χ3v) is 5.94. The van der Waals surface area contributed by atoms with E-state index in [0.717, 1.165) is 36.0 Å². The van der Waals surface area contributed by atoms with Crippen molar-refractivity contribution in [3.05, 3.63) is 59.9 Å². The number of rotatable bonds is 7. The van der Waals surface area contributed by atoms with E-state index in [4.69, 9.17) is 5.26 Å². The molecule has 0 spiro atoms. The van der Waals surface area contributed by atoms with Crippen molar-refractivity contribution in [1.82, 2.24) is 14.5 Å². The van der Waals surface area contributed by atoms with Crippen LogP contribution >= 0.6 is 0 Å². The molecule has 3 aromatic rings. The van der Waals surface area contributed by atoms with Crippen LogP contribution in [0.5, 0.6) is 0 Å². The number of pyridine rings is 1. The first-order valence-electron chi connectivity index (χ1n) is 11.0. The van der Waals surface area contributed by atoms with Gasteiger partial charge in [-0.3, -0.25) is 14.5 Å². The van der Waals surface area contributed by atoms with Gasteiger partial charge in [0.15, 0.2) is 5.78 Å². The van der Waals surface area contributed by atoms with Crippen LogP contribution in [0.4, 0.5) is 5.82 Å². The van der Waals surface area contributed by atoms with Crippen molar-refractivity contribution in [3.63, 3.8) is 0 Å². The average Bonchev–Trinajstić information content (AvgIpc) is 3.17. The van der Waals surface area contributed by atoms with Gasteiger partial charge in [-0.1, -0.05) is 24.3 Å². The summed E-state index contributed by atoms with van der Waals surface area (Å²) in [5.41, 5.74) is 2.49. The number of amides is 1. The summed E-state index contributed by atoms with van der Waals surface area (Å²) in [7, 11) is 0. The van der Waals surface area contributed by atoms with E-state index in [2.05, 4.69) is 21.3 Å². The third-order valence-electron chi connectivity index (χ3n) is 5.94. The second-order valence-corrected chi connectivity index (χ2v) is 8.31. The molecular weight excluding hydrogens is 402 g/mol. The number of aryl methyl sites for hydroxylation is 2. The monoisotopic (exact) mass is 429 g/mol. The summed E-state index contributed by atoms with van der Waals surface area (Å²) in [5, 5.41) is 12.8. The fourth-order valence-electron chi connectivity index (χ4n) is 4.37. The number of para-hydroxylation sites is 1. The van der Waals surface area contributed by atoms with Crippen LogP contribution < -0.4 is 5.32 Å². The number of piperidine rings is 1. The highest BCUT2D eigenvalue weighted by Crippen LogP contribution is 2.24. The Hall–Kier alpha value is -3.50. The molecule has 2 aromatic heterocycles. The molecule has 1 fully saturated rings. The summed E-state index contributed by atoms with van der Waals surface area (Å²) in [5.74, 6) is 0.385. The van der Waals surface area contributed by atoms with E-state index in [-0.39, 0.29) is 24.2 Å². The molecule has 1 unspecified atom stereocenters. The number of fused-ring (bicyclic) bond motifs is 1. The molecule has 1 N–H and O–H groups in total. The molecule has 1 saturated heterocycles. The molecule has 7 heteroatoms. The SMILES string of the molecule is Cc1cccc(NC(=O)C2CCCN(CC(=O)c3cn(CCC#N)c4ccccc34)C2)n1. The third kappa shape index (κ3) is 4.87. The fraction of sp³-hybridized carbons (Fsp3) is 0.360. The number of Topliss-reactive ketones (excluding diaryl/α,β-unsaturated/α-hetero) is 1. The predicted molar refractivity (Wildman–Crippen MR) is 123 cm³/mol. The van der Waals surface area contributed by atoms with Crippen molar-refractivity contribution < 1.29 is 9.59 Å². The number of aromatic nitrogens is 2. The molecule has 1 aromatic carbocycles. The molecule has 32 heavy (non-hydrogen) atoms. The van der Waals surface area contributed by atoms with Crippen molar-refractivity contribution in [2.24, 2.45) is 5.92 Å². The summed E-state index contributed by atoms with van der Waals surface area (Å²) in [6, 6.07) is 15.5. The van der Waals surface area contributed by atoms with Gasteiger partial charge in [0, 0.05) is 41.4 Å². The van der Waals surface area contributed by atoms with Crippen molar-refractivity contribution in [2.75, 3.05) is 25.0 Å². The summed E-state index contributed by atoms with van der Waals surface area (Å²) in [6.45, 7) is 4.07. The van der Waals surface area contributed by atoms with Crippen LogP contribution in [0.2, 0.25) is 0 Å². The molecule has 1 atom stereocenters. The first kappa shape index (κ1) is 21.7. The first-order chi connectivity index (χ1) is 15.5. The Morgan fingerprint density at radius 2 is 2.06 bits per heavy atom. The van der Waals surface area contributed by atoms with Gasteiger partial charge in [-0.05, 0) is 44.5 Å². The molecule has 0 radical (unpaired) electrons. The molecule has 0 bridgehead atoms. The van der Waals surface area contributed by atoms with E-state index in [9.17, 15) is 9.59 Å². The second kappa shape index (κ2) is 9.75. The quantitative estimate of drug-likeness (QED) is 0.577. The average molecular weight is 430 g/mol. The molecule has 4 rings (SSSR count). The van der Waals surface area contributed by atoms with Gasteiger partial charge in [0.2, 0.25) is 5.91 Å². The topological polar surface area (TPSA) is 91.0 Å². The number of nitrogens with zero attached hydrogens (tertiary/aromatic N) is 4. The Balaban J connectivity index is 1.43. The van der Waals surface area contributed by atoms with Crippen LogP contribution in [0.3, 0.4) is 0 Å². The van der Waals surface area contributed by atoms with Crippen molar-refractivity contribution in [3.8, 4) is 6.07 Å². The lowest BCUT2D eigenvalue weighted by Gasteiger charge is -2.31. The highest BCUT2D eigenvalue weighted by molar-refractivity contribution is 6.09. The number of carbonyl (C=O) groups excluding carboxylic acids is 2. The number of likely N-dealkylation sites (tertiary alicyclic amines) is 1. The number of carbonyl (C=O) groups is 2. The van der Waals surface area contributed by atoms with Crippen LogP contribution in [0, 0.1) is 24.2 Å². The Bertz CT molecular complexity index is 1180. The smallest absolute Gasteiger partial charge is 0.229 e. The minimum Gasteiger partial charge on any atom is -0.346 e. The maximum absolute atomic E-state index is 13.2. The van der Waals surface area contributed by atoms with E-state index < -0.39 is 0 Å². The zero-order chi connectivity index (χ0) is 22.5. The summed E-state index contributed by atoms with van der Waals surface area (Å²) in [6.07, 6.45) is 3.93. The maximum Gasteiger partial charge on any atom is 0.229 e. The lowest BCUT2D eigenvalue weighted by Crippen LogP contribution is -2.43. The minimum atomic E-state index is -0.171. The molecule has 0 saturated carbocycles. The molecule has 1 aliphatic rings. The lowest BCUT2D eigenvalue weighted by atomic mass is 9.96. The van der Waals surface area contributed by atoms with Crippen LogP contribution in [0.25, 0.3) is 10.9 Å². The number of nitriles is 1. The van der Waals surface area contributed by atoms with E-state index in [1.54, 1.807) is 6.07 Å². The maximum atomic E-state index is 13.2. The molecular formula is C25H27N5O2. The minimum absolute atomic E-state index is 0.0401. The van der Waals surface area contributed by atoms with Crippen LogP contribution in [0.1, 0.15) is 35.3 Å².